The molecule has 3 nitrogen and oxygen atoms in total. The molecule has 0 amide bonds. The molecule has 0 radical (unpaired) electrons. The smallest absolute Gasteiger partial charge is 0.0253 e. The number of hydrogen-bond acceptors (Lipinski definition) is 3. The summed E-state index contributed by atoms with van der Waals surface area (Å²) in [5, 5.41) is 0. The van der Waals surface area contributed by atoms with Crippen LogP contribution in [-0.4, -0.2) is 42.3 Å². The zero-order valence-electron chi connectivity index (χ0n) is 17.8. The summed E-state index contributed by atoms with van der Waals surface area (Å²) in [4.78, 5) is 6.38. The first kappa shape index (κ1) is 19.7. The summed E-state index contributed by atoms with van der Waals surface area (Å²) in [5.41, 5.74) is 7.28. The molecule has 0 aliphatic heterocycles. The Morgan fingerprint density at radius 3 is 0.786 bits per heavy atom. The molecular formula is C25H30N3-. The summed E-state index contributed by atoms with van der Waals surface area (Å²) in [6, 6.07) is 26.3. The van der Waals surface area contributed by atoms with Gasteiger partial charge in [-0.2, -0.15) is 0 Å². The highest BCUT2D eigenvalue weighted by molar-refractivity contribution is 5.63. The van der Waals surface area contributed by atoms with Gasteiger partial charge in [0.2, 0.25) is 0 Å². The maximum atomic E-state index is 2.21. The Morgan fingerprint density at radius 1 is 0.393 bits per heavy atom. The van der Waals surface area contributed by atoms with Crippen LogP contribution in [0.25, 0.3) is 0 Å². The molecule has 28 heavy (non-hydrogen) atoms. The van der Waals surface area contributed by atoms with E-state index in [4.69, 9.17) is 0 Å². The molecule has 0 aromatic heterocycles. The molecule has 0 atom stereocenters. The van der Waals surface area contributed by atoms with E-state index >= 15 is 0 Å². The van der Waals surface area contributed by atoms with Crippen LogP contribution in [-0.2, 0) is 0 Å². The van der Waals surface area contributed by atoms with Crippen molar-refractivity contribution in [3.8, 4) is 0 Å². The standard InChI is InChI=1S/C25H30N3/c1-26(2)22-13-7-19(8-14-22)25(20-9-15-23(16-10-20)27(3)4)21-11-17-24(18-12-21)28(5)6/h7-18H,1-6H3/q-1. The van der Waals surface area contributed by atoms with Crippen LogP contribution in [0.2, 0.25) is 0 Å². The van der Waals surface area contributed by atoms with Gasteiger partial charge in [-0.3, -0.25) is 0 Å². The molecule has 0 fully saturated rings. The van der Waals surface area contributed by atoms with Crippen molar-refractivity contribution in [3.05, 3.63) is 95.4 Å². The van der Waals surface area contributed by atoms with Gasteiger partial charge in [-0.15, -0.1) is 0 Å². The Bertz CT molecular complexity index is 754. The molecule has 0 saturated heterocycles. The van der Waals surface area contributed by atoms with Crippen molar-refractivity contribution < 1.29 is 0 Å². The number of hydrogen-bond donors (Lipinski definition) is 0. The Labute approximate surface area is 169 Å². The quantitative estimate of drug-likeness (QED) is 0.450. The van der Waals surface area contributed by atoms with Crippen LogP contribution in [0.15, 0.2) is 72.8 Å². The zero-order chi connectivity index (χ0) is 20.3. The van der Waals surface area contributed by atoms with Crippen molar-refractivity contribution >= 4 is 17.1 Å². The topological polar surface area (TPSA) is 9.72 Å². The molecule has 3 rings (SSSR count). The first-order chi connectivity index (χ1) is 13.4. The largest absolute Gasteiger partial charge is 0.378 e. The maximum absolute atomic E-state index is 2.21. The first-order valence-corrected chi connectivity index (χ1v) is 9.57. The van der Waals surface area contributed by atoms with E-state index < -0.39 is 0 Å². The third kappa shape index (κ3) is 4.25. The first-order valence-electron chi connectivity index (χ1n) is 9.57. The number of anilines is 3. The highest BCUT2D eigenvalue weighted by Gasteiger charge is 2.12. The number of benzene rings is 3. The van der Waals surface area contributed by atoms with Gasteiger partial charge >= 0.3 is 0 Å². The van der Waals surface area contributed by atoms with Crippen LogP contribution < -0.4 is 14.7 Å². The molecule has 0 aliphatic rings. The molecule has 0 bridgehead atoms. The highest BCUT2D eigenvalue weighted by Crippen LogP contribution is 2.33. The van der Waals surface area contributed by atoms with E-state index in [1.807, 2.05) is 0 Å². The van der Waals surface area contributed by atoms with Crippen LogP contribution in [0.1, 0.15) is 16.7 Å². The van der Waals surface area contributed by atoms with Gasteiger partial charge in [0.15, 0.2) is 0 Å². The van der Waals surface area contributed by atoms with E-state index in [-0.39, 0.29) is 0 Å². The van der Waals surface area contributed by atoms with Crippen LogP contribution >= 0.6 is 0 Å². The molecule has 0 unspecified atom stereocenters. The second-order valence-corrected chi connectivity index (χ2v) is 7.70. The highest BCUT2D eigenvalue weighted by atomic mass is 15.1. The fourth-order valence-corrected chi connectivity index (χ4v) is 3.28. The van der Waals surface area contributed by atoms with Crippen molar-refractivity contribution in [1.29, 1.82) is 0 Å². The number of rotatable bonds is 6. The van der Waals surface area contributed by atoms with Crippen LogP contribution in [0.5, 0.6) is 0 Å². The Hall–Kier alpha value is -3.07. The normalized spacial score (nSPS) is 10.5. The summed E-state index contributed by atoms with van der Waals surface area (Å²) >= 11 is 0. The molecule has 3 heteroatoms. The second-order valence-electron chi connectivity index (χ2n) is 7.70. The Kier molecular flexibility index (Phi) is 5.84. The van der Waals surface area contributed by atoms with Crippen molar-refractivity contribution in [1.82, 2.24) is 0 Å². The molecular weight excluding hydrogens is 342 g/mol. The van der Waals surface area contributed by atoms with E-state index in [1.165, 1.54) is 39.7 Å². The average Bonchev–Trinajstić information content (AvgIpc) is 2.69. The lowest BCUT2D eigenvalue weighted by Crippen LogP contribution is -2.11. The van der Waals surface area contributed by atoms with Crippen molar-refractivity contribution in [3.63, 3.8) is 0 Å². The van der Waals surface area contributed by atoms with Gasteiger partial charge in [0.05, 0.1) is 0 Å². The third-order valence-corrected chi connectivity index (χ3v) is 5.02. The molecule has 0 aliphatic carbocycles. The fourth-order valence-electron chi connectivity index (χ4n) is 3.28. The summed E-state index contributed by atoms with van der Waals surface area (Å²) < 4.78 is 0. The lowest BCUT2D eigenvalue weighted by Gasteiger charge is -2.27. The van der Waals surface area contributed by atoms with Crippen LogP contribution in [0.3, 0.4) is 0 Å². The van der Waals surface area contributed by atoms with Crippen molar-refractivity contribution in [2.45, 2.75) is 0 Å². The van der Waals surface area contributed by atoms with Gasteiger partial charge in [-0.1, -0.05) is 95.4 Å². The third-order valence-electron chi connectivity index (χ3n) is 5.02. The van der Waals surface area contributed by atoms with E-state index in [0.717, 1.165) is 0 Å². The number of nitrogens with zero attached hydrogens (tertiary/aromatic N) is 3. The minimum atomic E-state index is 1.20. The molecule has 3 aromatic carbocycles. The molecule has 146 valence electrons. The van der Waals surface area contributed by atoms with E-state index in [0.29, 0.717) is 0 Å². The SMILES string of the molecule is CN(C)c1ccc([C-](c2ccc(N(C)C)cc2)c2ccc(N(C)C)cc2)cc1. The molecule has 3 aromatic rings. The minimum absolute atomic E-state index is 1.20. The Balaban J connectivity index is 2.04. The summed E-state index contributed by atoms with van der Waals surface area (Å²) in [5.74, 6) is 1.25. The van der Waals surface area contributed by atoms with Gasteiger partial charge in [0.1, 0.15) is 0 Å². The van der Waals surface area contributed by atoms with Crippen LogP contribution in [0.4, 0.5) is 17.1 Å². The second kappa shape index (κ2) is 8.30. The minimum Gasteiger partial charge on any atom is -0.378 e. The molecule has 0 heterocycles. The van der Waals surface area contributed by atoms with Gasteiger partial charge in [-0.25, -0.2) is 0 Å². The zero-order valence-corrected chi connectivity index (χ0v) is 17.8. The predicted molar refractivity (Wildman–Crippen MR) is 123 cm³/mol. The average molecular weight is 373 g/mol. The summed E-state index contributed by atoms with van der Waals surface area (Å²) in [6.45, 7) is 0. The predicted octanol–water partition coefficient (Wildman–Crippen LogP) is 4.90. The monoisotopic (exact) mass is 372 g/mol. The lowest BCUT2D eigenvalue weighted by atomic mass is 9.85. The van der Waals surface area contributed by atoms with Gasteiger partial charge in [0, 0.05) is 59.3 Å². The van der Waals surface area contributed by atoms with E-state index in [9.17, 15) is 0 Å². The lowest BCUT2D eigenvalue weighted by molar-refractivity contribution is 1.11. The fraction of sp³-hybridized carbons (Fsp3) is 0.240. The van der Waals surface area contributed by atoms with E-state index in [2.05, 4.69) is 130 Å². The molecule has 0 N–H and O–H groups in total. The maximum Gasteiger partial charge on any atom is 0.0253 e. The van der Waals surface area contributed by atoms with Crippen molar-refractivity contribution in [2.75, 3.05) is 57.0 Å². The van der Waals surface area contributed by atoms with E-state index in [1.54, 1.807) is 0 Å². The van der Waals surface area contributed by atoms with Gasteiger partial charge in [-0.05, 0) is 0 Å². The van der Waals surface area contributed by atoms with Crippen LogP contribution in [0, 0.1) is 5.92 Å². The van der Waals surface area contributed by atoms with Crippen molar-refractivity contribution in [2.24, 2.45) is 0 Å². The molecule has 0 saturated carbocycles. The summed E-state index contributed by atoms with van der Waals surface area (Å²) in [7, 11) is 12.4. The Morgan fingerprint density at radius 2 is 0.607 bits per heavy atom. The van der Waals surface area contributed by atoms with Gasteiger partial charge in [0.25, 0.3) is 0 Å². The van der Waals surface area contributed by atoms with Gasteiger partial charge < -0.3 is 14.7 Å². The summed E-state index contributed by atoms with van der Waals surface area (Å²) in [6.07, 6.45) is 0. The molecule has 0 spiro atoms.